The van der Waals surface area contributed by atoms with Crippen molar-refractivity contribution in [2.45, 2.75) is 19.8 Å². The first-order valence-corrected chi connectivity index (χ1v) is 7.49. The van der Waals surface area contributed by atoms with Crippen LogP contribution in [0.5, 0.6) is 0 Å². The predicted molar refractivity (Wildman–Crippen MR) is 87.2 cm³/mol. The number of anilines is 2. The third-order valence-corrected chi connectivity index (χ3v) is 3.91. The van der Waals surface area contributed by atoms with Gasteiger partial charge in [-0.2, -0.15) is 0 Å². The highest BCUT2D eigenvalue weighted by Gasteiger charge is 2.27. The zero-order valence-electron chi connectivity index (χ0n) is 12.5. The van der Waals surface area contributed by atoms with Crippen molar-refractivity contribution in [1.29, 1.82) is 0 Å². The van der Waals surface area contributed by atoms with Gasteiger partial charge < -0.3 is 10.2 Å². The Bertz CT molecular complexity index is 710. The maximum absolute atomic E-state index is 12.5. The smallest absolute Gasteiger partial charge is 0.256 e. The number of para-hydroxylation sites is 1. The fourth-order valence-electron chi connectivity index (χ4n) is 2.82. The zero-order chi connectivity index (χ0) is 15.5. The number of hydrogen-bond acceptors (Lipinski definition) is 2. The molecular weight excluding hydrogens is 276 g/mol. The second-order valence-corrected chi connectivity index (χ2v) is 5.27. The van der Waals surface area contributed by atoms with Crippen LogP contribution in [0, 0.1) is 0 Å². The Morgan fingerprint density at radius 1 is 1.09 bits per heavy atom. The molecule has 0 fully saturated rings. The van der Waals surface area contributed by atoms with E-state index in [1.54, 1.807) is 4.90 Å². The summed E-state index contributed by atoms with van der Waals surface area (Å²) in [6, 6.07) is 14.9. The van der Waals surface area contributed by atoms with Crippen LogP contribution in [0.15, 0.2) is 48.5 Å². The van der Waals surface area contributed by atoms with Crippen molar-refractivity contribution < 1.29 is 9.59 Å². The Balaban J connectivity index is 1.89. The summed E-state index contributed by atoms with van der Waals surface area (Å²) in [7, 11) is 0. The first-order valence-electron chi connectivity index (χ1n) is 7.49. The molecule has 0 radical (unpaired) electrons. The summed E-state index contributed by atoms with van der Waals surface area (Å²) < 4.78 is 0. The molecule has 2 amide bonds. The van der Waals surface area contributed by atoms with Crippen molar-refractivity contribution in [3.05, 3.63) is 59.7 Å². The summed E-state index contributed by atoms with van der Waals surface area (Å²) in [5, 5.41) is 2.90. The van der Waals surface area contributed by atoms with E-state index in [-0.39, 0.29) is 11.8 Å². The SMILES string of the molecule is CCC(=O)N1CCc2c(C(=O)Nc3ccccc3)cccc21. The van der Waals surface area contributed by atoms with Crippen molar-refractivity contribution in [2.75, 3.05) is 16.8 Å². The lowest BCUT2D eigenvalue weighted by molar-refractivity contribution is -0.118. The first-order chi connectivity index (χ1) is 10.7. The van der Waals surface area contributed by atoms with E-state index in [4.69, 9.17) is 0 Å². The van der Waals surface area contributed by atoms with Gasteiger partial charge in [0.2, 0.25) is 5.91 Å². The average molecular weight is 294 g/mol. The van der Waals surface area contributed by atoms with Crippen LogP contribution in [-0.2, 0) is 11.2 Å². The third kappa shape index (κ3) is 2.60. The van der Waals surface area contributed by atoms with E-state index in [2.05, 4.69) is 5.32 Å². The van der Waals surface area contributed by atoms with Gasteiger partial charge in [0.25, 0.3) is 5.91 Å². The van der Waals surface area contributed by atoms with Crippen LogP contribution in [0.3, 0.4) is 0 Å². The maximum Gasteiger partial charge on any atom is 0.256 e. The van der Waals surface area contributed by atoms with Gasteiger partial charge >= 0.3 is 0 Å². The van der Waals surface area contributed by atoms with Gasteiger partial charge in [-0.1, -0.05) is 31.2 Å². The number of carbonyl (C=O) groups is 2. The molecule has 0 bridgehead atoms. The second kappa shape index (κ2) is 6.02. The van der Waals surface area contributed by atoms with E-state index in [0.717, 1.165) is 23.4 Å². The van der Waals surface area contributed by atoms with Crippen LogP contribution >= 0.6 is 0 Å². The molecule has 0 saturated heterocycles. The number of benzene rings is 2. The summed E-state index contributed by atoms with van der Waals surface area (Å²) in [5.41, 5.74) is 3.24. The van der Waals surface area contributed by atoms with Gasteiger partial charge in [0.05, 0.1) is 0 Å². The highest BCUT2D eigenvalue weighted by Crippen LogP contribution is 2.31. The highest BCUT2D eigenvalue weighted by molar-refractivity contribution is 6.07. The Kier molecular flexibility index (Phi) is 3.92. The lowest BCUT2D eigenvalue weighted by Crippen LogP contribution is -2.27. The quantitative estimate of drug-likeness (QED) is 0.944. The van der Waals surface area contributed by atoms with Crippen LogP contribution < -0.4 is 10.2 Å². The molecule has 0 aromatic heterocycles. The molecule has 4 heteroatoms. The van der Waals surface area contributed by atoms with Crippen LogP contribution in [0.4, 0.5) is 11.4 Å². The van der Waals surface area contributed by atoms with Crippen molar-refractivity contribution in [2.24, 2.45) is 0 Å². The molecule has 3 rings (SSSR count). The standard InChI is InChI=1S/C18H18N2O2/c1-2-17(21)20-12-11-14-15(9-6-10-16(14)20)18(22)19-13-7-4-3-5-8-13/h3-10H,2,11-12H2,1H3,(H,19,22). The van der Waals surface area contributed by atoms with Crippen LogP contribution in [0.25, 0.3) is 0 Å². The highest BCUT2D eigenvalue weighted by atomic mass is 16.2. The lowest BCUT2D eigenvalue weighted by Gasteiger charge is -2.16. The topological polar surface area (TPSA) is 49.4 Å². The number of carbonyl (C=O) groups excluding carboxylic acids is 2. The summed E-state index contributed by atoms with van der Waals surface area (Å²) in [4.78, 5) is 26.3. The van der Waals surface area contributed by atoms with Gasteiger partial charge in [0.15, 0.2) is 0 Å². The van der Waals surface area contributed by atoms with Crippen molar-refractivity contribution in [3.8, 4) is 0 Å². The van der Waals surface area contributed by atoms with Gasteiger partial charge in [-0.15, -0.1) is 0 Å². The summed E-state index contributed by atoms with van der Waals surface area (Å²) in [6.07, 6.45) is 1.19. The summed E-state index contributed by atoms with van der Waals surface area (Å²) >= 11 is 0. The maximum atomic E-state index is 12.5. The molecule has 0 aliphatic carbocycles. The van der Waals surface area contributed by atoms with E-state index >= 15 is 0 Å². The van der Waals surface area contributed by atoms with E-state index < -0.39 is 0 Å². The Morgan fingerprint density at radius 3 is 2.59 bits per heavy atom. The largest absolute Gasteiger partial charge is 0.322 e. The lowest BCUT2D eigenvalue weighted by atomic mass is 10.0. The molecule has 1 N–H and O–H groups in total. The molecular formula is C18H18N2O2. The predicted octanol–water partition coefficient (Wildman–Crippen LogP) is 3.24. The molecule has 0 unspecified atom stereocenters. The minimum atomic E-state index is -0.131. The van der Waals surface area contributed by atoms with Crippen molar-refractivity contribution >= 4 is 23.2 Å². The molecule has 4 nitrogen and oxygen atoms in total. The number of rotatable bonds is 3. The summed E-state index contributed by atoms with van der Waals surface area (Å²) in [5.74, 6) is -0.0341. The fraction of sp³-hybridized carbons (Fsp3) is 0.222. The Hall–Kier alpha value is -2.62. The molecule has 0 saturated carbocycles. The minimum absolute atomic E-state index is 0.0966. The molecule has 112 valence electrons. The molecule has 1 heterocycles. The Labute approximate surface area is 129 Å². The van der Waals surface area contributed by atoms with E-state index in [1.807, 2.05) is 55.5 Å². The van der Waals surface area contributed by atoms with Crippen LogP contribution in [-0.4, -0.2) is 18.4 Å². The minimum Gasteiger partial charge on any atom is -0.322 e. The normalized spacial score (nSPS) is 12.9. The van der Waals surface area contributed by atoms with E-state index in [9.17, 15) is 9.59 Å². The average Bonchev–Trinajstić information content (AvgIpc) is 2.99. The van der Waals surface area contributed by atoms with E-state index in [0.29, 0.717) is 18.5 Å². The number of nitrogens with one attached hydrogen (secondary N) is 1. The van der Waals surface area contributed by atoms with Gasteiger partial charge in [0.1, 0.15) is 0 Å². The van der Waals surface area contributed by atoms with Crippen molar-refractivity contribution in [3.63, 3.8) is 0 Å². The van der Waals surface area contributed by atoms with E-state index in [1.165, 1.54) is 0 Å². The number of fused-ring (bicyclic) bond motifs is 1. The fourth-order valence-corrected chi connectivity index (χ4v) is 2.82. The van der Waals surface area contributed by atoms with Gasteiger partial charge in [0, 0.05) is 29.9 Å². The molecule has 2 aromatic rings. The second-order valence-electron chi connectivity index (χ2n) is 5.27. The summed E-state index contributed by atoms with van der Waals surface area (Å²) in [6.45, 7) is 2.50. The molecule has 22 heavy (non-hydrogen) atoms. The monoisotopic (exact) mass is 294 g/mol. The number of nitrogens with zero attached hydrogens (tertiary/aromatic N) is 1. The molecule has 2 aromatic carbocycles. The molecule has 0 spiro atoms. The van der Waals surface area contributed by atoms with Gasteiger partial charge in [-0.25, -0.2) is 0 Å². The zero-order valence-corrected chi connectivity index (χ0v) is 12.5. The van der Waals surface area contributed by atoms with Gasteiger partial charge in [-0.05, 0) is 36.2 Å². The van der Waals surface area contributed by atoms with Gasteiger partial charge in [-0.3, -0.25) is 9.59 Å². The Morgan fingerprint density at radius 2 is 1.86 bits per heavy atom. The van der Waals surface area contributed by atoms with Crippen molar-refractivity contribution in [1.82, 2.24) is 0 Å². The van der Waals surface area contributed by atoms with Crippen LogP contribution in [0.2, 0.25) is 0 Å². The molecule has 1 aliphatic heterocycles. The number of hydrogen-bond donors (Lipinski definition) is 1. The first kappa shape index (κ1) is 14.3. The number of amides is 2. The molecule has 1 aliphatic rings. The van der Waals surface area contributed by atoms with Crippen LogP contribution in [0.1, 0.15) is 29.3 Å². The molecule has 0 atom stereocenters. The third-order valence-electron chi connectivity index (χ3n) is 3.91.